The molecule has 0 aliphatic rings. The maximum atomic E-state index is 11.7. The molecule has 0 aliphatic heterocycles. The molecular weight excluding hydrogens is 232 g/mol. The number of hydrogen-bond donors (Lipinski definition) is 2. The Morgan fingerprint density at radius 2 is 2.28 bits per heavy atom. The van der Waals surface area contributed by atoms with E-state index >= 15 is 0 Å². The predicted molar refractivity (Wildman–Crippen MR) is 69.1 cm³/mol. The number of amides is 1. The highest BCUT2D eigenvalue weighted by Crippen LogP contribution is 2.13. The molecule has 3 N–H and O–H groups in total. The lowest BCUT2D eigenvalue weighted by Crippen LogP contribution is -2.38. The van der Waals surface area contributed by atoms with Crippen LogP contribution >= 0.6 is 0 Å². The van der Waals surface area contributed by atoms with Crippen LogP contribution in [0.2, 0.25) is 0 Å². The fraction of sp³-hybridized carbons (Fsp3) is 0.667. The number of aryl methyl sites for hydroxylation is 1. The van der Waals surface area contributed by atoms with Gasteiger partial charge in [-0.1, -0.05) is 0 Å². The van der Waals surface area contributed by atoms with Gasteiger partial charge in [0.2, 0.25) is 0 Å². The molecule has 1 unspecified atom stereocenters. The minimum atomic E-state index is -0.520. The van der Waals surface area contributed by atoms with Gasteiger partial charge in [-0.15, -0.1) is 0 Å². The second kappa shape index (κ2) is 5.86. The van der Waals surface area contributed by atoms with E-state index in [2.05, 4.69) is 10.3 Å². The number of carbonyl (C=O) groups excluding carboxylic acids is 1. The molecule has 18 heavy (non-hydrogen) atoms. The molecule has 102 valence electrons. The maximum Gasteiger partial charge on any atom is 0.408 e. The third-order valence-corrected chi connectivity index (χ3v) is 2.37. The third kappa shape index (κ3) is 4.03. The molecule has 1 amide bonds. The van der Waals surface area contributed by atoms with Crippen LogP contribution < -0.4 is 11.1 Å². The van der Waals surface area contributed by atoms with E-state index in [0.717, 1.165) is 12.2 Å². The summed E-state index contributed by atoms with van der Waals surface area (Å²) in [5, 5.41) is 2.75. The van der Waals surface area contributed by atoms with Gasteiger partial charge in [-0.25, -0.2) is 9.78 Å². The minimum Gasteiger partial charge on any atom is -0.444 e. The summed E-state index contributed by atoms with van der Waals surface area (Å²) in [6, 6.07) is -0.290. The molecule has 1 heterocycles. The van der Waals surface area contributed by atoms with Crippen molar-refractivity contribution in [2.24, 2.45) is 5.73 Å². The van der Waals surface area contributed by atoms with Crippen molar-refractivity contribution in [3.8, 4) is 0 Å². The van der Waals surface area contributed by atoms with Gasteiger partial charge in [0.25, 0.3) is 0 Å². The standard InChI is InChI=1S/C12H22N4O2/c1-5-16-8-14-7-10(16)9(6-13)15-11(17)18-12(2,3)4/h7-9H,5-6,13H2,1-4H3,(H,15,17). The monoisotopic (exact) mass is 254 g/mol. The van der Waals surface area contributed by atoms with Crippen LogP contribution in [-0.4, -0.2) is 27.8 Å². The van der Waals surface area contributed by atoms with Gasteiger partial charge >= 0.3 is 6.09 Å². The van der Waals surface area contributed by atoms with Crippen LogP contribution in [0.25, 0.3) is 0 Å². The Balaban J connectivity index is 2.71. The largest absolute Gasteiger partial charge is 0.444 e. The second-order valence-corrected chi connectivity index (χ2v) is 5.04. The zero-order valence-corrected chi connectivity index (χ0v) is 11.4. The van der Waals surface area contributed by atoms with E-state index < -0.39 is 11.7 Å². The summed E-state index contributed by atoms with van der Waals surface area (Å²) in [6.07, 6.45) is 2.95. The molecule has 1 atom stereocenters. The number of hydrogen-bond acceptors (Lipinski definition) is 4. The van der Waals surface area contributed by atoms with Gasteiger partial charge in [-0.2, -0.15) is 0 Å². The zero-order chi connectivity index (χ0) is 13.8. The summed E-state index contributed by atoms with van der Waals surface area (Å²) in [5.41, 5.74) is 6.05. The molecule has 0 saturated heterocycles. The minimum absolute atomic E-state index is 0.290. The fourth-order valence-corrected chi connectivity index (χ4v) is 1.59. The van der Waals surface area contributed by atoms with Gasteiger partial charge in [-0.05, 0) is 27.7 Å². The summed E-state index contributed by atoms with van der Waals surface area (Å²) < 4.78 is 7.15. The molecule has 6 nitrogen and oxygen atoms in total. The first-order valence-corrected chi connectivity index (χ1v) is 6.07. The van der Waals surface area contributed by atoms with Crippen molar-refractivity contribution in [3.05, 3.63) is 18.2 Å². The number of nitrogens with one attached hydrogen (secondary N) is 1. The van der Waals surface area contributed by atoms with Crippen LogP contribution in [0.4, 0.5) is 4.79 Å². The number of nitrogens with two attached hydrogens (primary N) is 1. The van der Waals surface area contributed by atoms with E-state index in [4.69, 9.17) is 10.5 Å². The quantitative estimate of drug-likeness (QED) is 0.851. The van der Waals surface area contributed by atoms with Gasteiger partial charge < -0.3 is 20.4 Å². The molecule has 0 aromatic carbocycles. The van der Waals surface area contributed by atoms with Crippen LogP contribution in [0.1, 0.15) is 39.4 Å². The van der Waals surface area contributed by atoms with Crippen molar-refractivity contribution in [3.63, 3.8) is 0 Å². The maximum absolute atomic E-state index is 11.7. The van der Waals surface area contributed by atoms with Gasteiger partial charge in [0.05, 0.1) is 24.3 Å². The lowest BCUT2D eigenvalue weighted by Gasteiger charge is -2.23. The van der Waals surface area contributed by atoms with Gasteiger partial charge in [0.15, 0.2) is 0 Å². The van der Waals surface area contributed by atoms with Gasteiger partial charge in [0, 0.05) is 13.1 Å². The Hall–Kier alpha value is -1.56. The number of alkyl carbamates (subject to hydrolysis) is 1. The molecule has 0 aliphatic carbocycles. The zero-order valence-electron chi connectivity index (χ0n) is 11.4. The van der Waals surface area contributed by atoms with E-state index in [1.807, 2.05) is 32.3 Å². The molecule has 6 heteroatoms. The highest BCUT2D eigenvalue weighted by molar-refractivity contribution is 5.68. The van der Waals surface area contributed by atoms with Gasteiger partial charge in [-0.3, -0.25) is 0 Å². The number of nitrogens with zero attached hydrogens (tertiary/aromatic N) is 2. The lowest BCUT2D eigenvalue weighted by molar-refractivity contribution is 0.0503. The Bertz CT molecular complexity index is 395. The van der Waals surface area contributed by atoms with Crippen molar-refractivity contribution >= 4 is 6.09 Å². The molecule has 0 saturated carbocycles. The molecule has 0 bridgehead atoms. The second-order valence-electron chi connectivity index (χ2n) is 5.04. The van der Waals surface area contributed by atoms with Crippen molar-refractivity contribution in [1.29, 1.82) is 0 Å². The van der Waals surface area contributed by atoms with E-state index in [1.165, 1.54) is 0 Å². The van der Waals surface area contributed by atoms with E-state index in [-0.39, 0.29) is 6.04 Å². The first kappa shape index (κ1) is 14.5. The summed E-state index contributed by atoms with van der Waals surface area (Å²) in [4.78, 5) is 15.8. The highest BCUT2D eigenvalue weighted by atomic mass is 16.6. The molecule has 1 aromatic rings. The van der Waals surface area contributed by atoms with Crippen molar-refractivity contribution < 1.29 is 9.53 Å². The van der Waals surface area contributed by atoms with E-state index in [1.54, 1.807) is 12.5 Å². The number of imidazole rings is 1. The molecular formula is C12H22N4O2. The highest BCUT2D eigenvalue weighted by Gasteiger charge is 2.21. The van der Waals surface area contributed by atoms with Crippen LogP contribution in [0.5, 0.6) is 0 Å². The number of carbonyl (C=O) groups is 1. The van der Waals surface area contributed by atoms with Crippen molar-refractivity contribution in [1.82, 2.24) is 14.9 Å². The van der Waals surface area contributed by atoms with Crippen molar-refractivity contribution in [2.45, 2.75) is 45.9 Å². The third-order valence-electron chi connectivity index (χ3n) is 2.37. The topological polar surface area (TPSA) is 82.2 Å². The molecule has 1 aromatic heterocycles. The van der Waals surface area contributed by atoms with E-state index in [0.29, 0.717) is 6.54 Å². The Labute approximate surface area is 108 Å². The summed E-state index contributed by atoms with van der Waals surface area (Å²) in [6.45, 7) is 8.54. The molecule has 0 spiro atoms. The fourth-order valence-electron chi connectivity index (χ4n) is 1.59. The average molecular weight is 254 g/mol. The predicted octanol–water partition coefficient (Wildman–Crippen LogP) is 1.43. The summed E-state index contributed by atoms with van der Waals surface area (Å²) >= 11 is 0. The Morgan fingerprint density at radius 3 is 2.78 bits per heavy atom. The summed E-state index contributed by atoms with van der Waals surface area (Å²) in [5.74, 6) is 0. The molecule has 1 rings (SSSR count). The lowest BCUT2D eigenvalue weighted by atomic mass is 10.2. The molecule has 0 fully saturated rings. The average Bonchev–Trinajstić information content (AvgIpc) is 2.71. The number of ether oxygens (including phenoxy) is 1. The van der Waals surface area contributed by atoms with Crippen LogP contribution in [0, 0.1) is 0 Å². The van der Waals surface area contributed by atoms with Gasteiger partial charge in [0.1, 0.15) is 5.60 Å². The van der Waals surface area contributed by atoms with Crippen LogP contribution in [0.15, 0.2) is 12.5 Å². The summed E-state index contributed by atoms with van der Waals surface area (Å²) in [7, 11) is 0. The Kier molecular flexibility index (Phi) is 4.72. The normalized spacial score (nSPS) is 13.2. The molecule has 0 radical (unpaired) electrons. The van der Waals surface area contributed by atoms with Crippen molar-refractivity contribution in [2.75, 3.05) is 6.54 Å². The van der Waals surface area contributed by atoms with Crippen LogP contribution in [0.3, 0.4) is 0 Å². The number of rotatable bonds is 4. The van der Waals surface area contributed by atoms with E-state index in [9.17, 15) is 4.79 Å². The first-order valence-electron chi connectivity index (χ1n) is 6.07. The Morgan fingerprint density at radius 1 is 1.61 bits per heavy atom. The number of aromatic nitrogens is 2. The first-order chi connectivity index (χ1) is 8.37. The van der Waals surface area contributed by atoms with Crippen LogP contribution in [-0.2, 0) is 11.3 Å². The smallest absolute Gasteiger partial charge is 0.408 e. The SMILES string of the molecule is CCn1cncc1C(CN)NC(=O)OC(C)(C)C.